The zero-order valence-corrected chi connectivity index (χ0v) is 15.1. The minimum Gasteiger partial charge on any atom is -0.497 e. The Labute approximate surface area is 154 Å². The van der Waals surface area contributed by atoms with Crippen molar-refractivity contribution in [3.8, 4) is 5.75 Å². The molecule has 0 aromatic heterocycles. The van der Waals surface area contributed by atoms with Gasteiger partial charge < -0.3 is 9.64 Å². The Balaban J connectivity index is 1.52. The largest absolute Gasteiger partial charge is 0.497 e. The molecule has 1 atom stereocenters. The van der Waals surface area contributed by atoms with Crippen molar-refractivity contribution in [3.05, 3.63) is 65.7 Å². The summed E-state index contributed by atoms with van der Waals surface area (Å²) in [6.07, 6.45) is 3.04. The van der Waals surface area contributed by atoms with E-state index < -0.39 is 0 Å². The highest BCUT2D eigenvalue weighted by Gasteiger charge is 2.56. The van der Waals surface area contributed by atoms with Gasteiger partial charge in [0.2, 0.25) is 0 Å². The summed E-state index contributed by atoms with van der Waals surface area (Å²) in [5, 5.41) is 1.38. The lowest BCUT2D eigenvalue weighted by molar-refractivity contribution is 0.182. The zero-order chi connectivity index (χ0) is 18.1. The van der Waals surface area contributed by atoms with Crippen LogP contribution >= 0.6 is 0 Å². The van der Waals surface area contributed by atoms with Gasteiger partial charge in [0.25, 0.3) is 0 Å². The van der Waals surface area contributed by atoms with Crippen LogP contribution in [0.15, 0.2) is 54.6 Å². The van der Waals surface area contributed by atoms with Crippen LogP contribution in [0.4, 0.5) is 4.79 Å². The summed E-state index contributed by atoms with van der Waals surface area (Å²) in [4.78, 5) is 14.6. The number of methoxy groups -OCH3 is 1. The first-order valence-corrected chi connectivity index (χ1v) is 9.15. The second kappa shape index (κ2) is 6.65. The van der Waals surface area contributed by atoms with E-state index in [2.05, 4.69) is 36.4 Å². The molecule has 1 aliphatic heterocycles. The molecular weight excluding hydrogens is 326 g/mol. The molecule has 2 aromatic rings. The summed E-state index contributed by atoms with van der Waals surface area (Å²) in [5.41, 5.74) is 2.57. The predicted molar refractivity (Wildman–Crippen MR) is 101 cm³/mol. The maximum absolute atomic E-state index is 12.7. The topological polar surface area (TPSA) is 58.8 Å². The summed E-state index contributed by atoms with van der Waals surface area (Å²) in [6, 6.07) is 18.7. The van der Waals surface area contributed by atoms with E-state index in [0.717, 1.165) is 25.0 Å². The minimum absolute atomic E-state index is 0.0605. The molecule has 2 aliphatic rings. The van der Waals surface area contributed by atoms with Crippen LogP contribution in [-0.4, -0.2) is 42.2 Å². The number of ether oxygens (including phenoxy) is 1. The Kier molecular flexibility index (Phi) is 4.32. The Morgan fingerprint density at radius 3 is 2.42 bits per heavy atom. The van der Waals surface area contributed by atoms with Crippen LogP contribution in [0.5, 0.6) is 5.75 Å². The molecule has 1 unspecified atom stereocenters. The molecule has 1 aliphatic carbocycles. The van der Waals surface area contributed by atoms with Crippen LogP contribution < -0.4 is 10.6 Å². The molecule has 1 saturated heterocycles. The average molecular weight is 351 g/mol. The number of hydrazine groups is 1. The number of hydrogen-bond acceptors (Lipinski definition) is 3. The Bertz CT molecular complexity index is 772. The van der Waals surface area contributed by atoms with E-state index in [0.29, 0.717) is 13.1 Å². The summed E-state index contributed by atoms with van der Waals surface area (Å²) < 4.78 is 5.21. The van der Waals surface area contributed by atoms with Gasteiger partial charge in [-0.3, -0.25) is 5.01 Å². The van der Waals surface area contributed by atoms with Crippen molar-refractivity contribution in [2.75, 3.05) is 20.2 Å². The first-order valence-electron chi connectivity index (χ1n) is 9.15. The number of carbonyl (C=O) groups is 1. The standard InChI is InChI=1S/C21H25N3O2/c1-26-18-9-7-16(8-10-18)11-14-23-19(15-24(22)20(23)25)21(12-13-21)17-5-3-2-4-6-17/h2-10,19H,11-15,22H2,1H3. The molecule has 0 bridgehead atoms. The lowest BCUT2D eigenvalue weighted by Crippen LogP contribution is -2.43. The van der Waals surface area contributed by atoms with E-state index in [9.17, 15) is 4.79 Å². The van der Waals surface area contributed by atoms with Crippen molar-refractivity contribution in [2.45, 2.75) is 30.7 Å². The van der Waals surface area contributed by atoms with Gasteiger partial charge in [0.05, 0.1) is 19.7 Å². The number of rotatable bonds is 6. The molecule has 2 aromatic carbocycles. The van der Waals surface area contributed by atoms with E-state index in [1.54, 1.807) is 7.11 Å². The third-order valence-corrected chi connectivity index (χ3v) is 5.81. The van der Waals surface area contributed by atoms with Gasteiger partial charge in [-0.2, -0.15) is 0 Å². The van der Waals surface area contributed by atoms with E-state index in [1.165, 1.54) is 16.1 Å². The Hall–Kier alpha value is -2.53. The van der Waals surface area contributed by atoms with Crippen molar-refractivity contribution in [2.24, 2.45) is 5.84 Å². The molecule has 1 saturated carbocycles. The fourth-order valence-corrected chi connectivity index (χ4v) is 4.15. The van der Waals surface area contributed by atoms with E-state index in [1.807, 2.05) is 23.1 Å². The van der Waals surface area contributed by atoms with Gasteiger partial charge in [0.15, 0.2) is 0 Å². The monoisotopic (exact) mass is 351 g/mol. The molecule has 4 rings (SSSR count). The smallest absolute Gasteiger partial charge is 0.334 e. The average Bonchev–Trinajstić information content (AvgIpc) is 3.44. The quantitative estimate of drug-likeness (QED) is 0.643. The maximum Gasteiger partial charge on any atom is 0.334 e. The first-order chi connectivity index (χ1) is 12.6. The normalized spacial score (nSPS) is 21.2. The SMILES string of the molecule is COc1ccc(CCN2C(=O)N(N)CC2C2(c3ccccc3)CC2)cc1. The number of urea groups is 1. The number of carbonyl (C=O) groups excluding carboxylic acids is 1. The zero-order valence-electron chi connectivity index (χ0n) is 15.1. The molecule has 0 radical (unpaired) electrons. The van der Waals surface area contributed by atoms with Gasteiger partial charge in [-0.15, -0.1) is 0 Å². The number of amides is 2. The van der Waals surface area contributed by atoms with Gasteiger partial charge in [-0.25, -0.2) is 10.6 Å². The van der Waals surface area contributed by atoms with Crippen LogP contribution in [0.1, 0.15) is 24.0 Å². The molecule has 2 fully saturated rings. The van der Waals surface area contributed by atoms with Gasteiger partial charge in [0.1, 0.15) is 5.75 Å². The second-order valence-corrected chi connectivity index (χ2v) is 7.26. The molecule has 2 N–H and O–H groups in total. The van der Waals surface area contributed by atoms with E-state index in [-0.39, 0.29) is 17.5 Å². The fourth-order valence-electron chi connectivity index (χ4n) is 4.15. The van der Waals surface area contributed by atoms with E-state index in [4.69, 9.17) is 10.6 Å². The van der Waals surface area contributed by atoms with Crippen molar-refractivity contribution >= 4 is 6.03 Å². The summed E-state index contributed by atoms with van der Waals surface area (Å²) in [7, 11) is 1.66. The van der Waals surface area contributed by atoms with Crippen LogP contribution in [0, 0.1) is 0 Å². The summed E-state index contributed by atoms with van der Waals surface area (Å²) >= 11 is 0. The highest BCUT2D eigenvalue weighted by atomic mass is 16.5. The van der Waals surface area contributed by atoms with Crippen LogP contribution in [-0.2, 0) is 11.8 Å². The molecule has 0 spiro atoms. The summed E-state index contributed by atoms with van der Waals surface area (Å²) in [6.45, 7) is 1.27. The molecule has 136 valence electrons. The van der Waals surface area contributed by atoms with Crippen molar-refractivity contribution in [3.63, 3.8) is 0 Å². The third kappa shape index (κ3) is 2.92. The number of benzene rings is 2. The highest BCUT2D eigenvalue weighted by molar-refractivity contribution is 5.77. The first kappa shape index (κ1) is 16.9. The van der Waals surface area contributed by atoms with Crippen LogP contribution in [0.2, 0.25) is 0 Å². The molecule has 26 heavy (non-hydrogen) atoms. The number of hydrogen-bond donors (Lipinski definition) is 1. The number of nitrogens with two attached hydrogens (primary N) is 1. The lowest BCUT2D eigenvalue weighted by Gasteiger charge is -2.31. The van der Waals surface area contributed by atoms with Crippen LogP contribution in [0.3, 0.4) is 0 Å². The Morgan fingerprint density at radius 2 is 1.81 bits per heavy atom. The molecular formula is C21H25N3O2. The minimum atomic E-state index is -0.0642. The second-order valence-electron chi connectivity index (χ2n) is 7.26. The van der Waals surface area contributed by atoms with Crippen LogP contribution in [0.25, 0.3) is 0 Å². The van der Waals surface area contributed by atoms with Gasteiger partial charge in [-0.1, -0.05) is 42.5 Å². The lowest BCUT2D eigenvalue weighted by atomic mass is 9.87. The predicted octanol–water partition coefficient (Wildman–Crippen LogP) is 2.95. The van der Waals surface area contributed by atoms with Crippen molar-refractivity contribution in [1.82, 2.24) is 9.91 Å². The molecule has 1 heterocycles. The summed E-state index contributed by atoms with van der Waals surface area (Å²) in [5.74, 6) is 6.84. The van der Waals surface area contributed by atoms with Crippen molar-refractivity contribution < 1.29 is 9.53 Å². The van der Waals surface area contributed by atoms with E-state index >= 15 is 0 Å². The Morgan fingerprint density at radius 1 is 1.12 bits per heavy atom. The third-order valence-electron chi connectivity index (χ3n) is 5.81. The molecule has 5 nitrogen and oxygen atoms in total. The maximum atomic E-state index is 12.7. The molecule has 2 amide bonds. The van der Waals surface area contributed by atoms with Gasteiger partial charge in [0, 0.05) is 12.0 Å². The highest BCUT2D eigenvalue weighted by Crippen LogP contribution is 2.53. The van der Waals surface area contributed by atoms with Gasteiger partial charge in [-0.05, 0) is 42.5 Å². The van der Waals surface area contributed by atoms with Gasteiger partial charge >= 0.3 is 6.03 Å². The number of nitrogens with zero attached hydrogens (tertiary/aromatic N) is 2. The van der Waals surface area contributed by atoms with Crippen molar-refractivity contribution in [1.29, 1.82) is 0 Å². The molecule has 5 heteroatoms. The fraction of sp³-hybridized carbons (Fsp3) is 0.381.